The second-order valence-corrected chi connectivity index (χ2v) is 6.93. The molecule has 1 fully saturated rings. The second-order valence-electron chi connectivity index (χ2n) is 6.93. The van der Waals surface area contributed by atoms with Crippen LogP contribution in [-0.4, -0.2) is 61.0 Å². The van der Waals surface area contributed by atoms with Crippen molar-refractivity contribution in [2.75, 3.05) is 38.9 Å². The van der Waals surface area contributed by atoms with Crippen molar-refractivity contribution in [2.24, 2.45) is 0 Å². The van der Waals surface area contributed by atoms with Crippen LogP contribution in [0, 0.1) is 0 Å². The summed E-state index contributed by atoms with van der Waals surface area (Å²) in [5, 5.41) is 2.94. The van der Waals surface area contributed by atoms with Gasteiger partial charge in [0.25, 0.3) is 0 Å². The van der Waals surface area contributed by atoms with E-state index < -0.39 is 0 Å². The number of carbonyl (C=O) groups excluding carboxylic acids is 1. The number of hydrogen-bond donors (Lipinski definition) is 1. The van der Waals surface area contributed by atoms with Crippen LogP contribution in [-0.2, 0) is 6.54 Å². The number of nitrogens with zero attached hydrogens (tertiary/aromatic N) is 4. The van der Waals surface area contributed by atoms with E-state index in [0.717, 1.165) is 23.6 Å². The highest BCUT2D eigenvalue weighted by Gasteiger charge is 2.28. The minimum absolute atomic E-state index is 0.0944. The number of aromatic nitrogens is 2. The van der Waals surface area contributed by atoms with E-state index in [4.69, 9.17) is 14.2 Å². The molecular formula is C19H23N5O4. The van der Waals surface area contributed by atoms with Crippen molar-refractivity contribution in [2.45, 2.75) is 19.1 Å². The maximum atomic E-state index is 12.5. The monoisotopic (exact) mass is 385 g/mol. The molecule has 1 aromatic carbocycles. The van der Waals surface area contributed by atoms with Gasteiger partial charge in [0.15, 0.2) is 17.3 Å². The third-order valence-electron chi connectivity index (χ3n) is 4.66. The highest BCUT2D eigenvalue weighted by atomic mass is 16.7. The molecule has 2 aromatic rings. The number of likely N-dealkylation sites (tertiary alicyclic amines) is 1. The van der Waals surface area contributed by atoms with E-state index in [2.05, 4.69) is 15.3 Å². The molecular weight excluding hydrogens is 362 g/mol. The van der Waals surface area contributed by atoms with Crippen LogP contribution in [0.5, 0.6) is 17.4 Å². The zero-order chi connectivity index (χ0) is 19.5. The molecule has 0 aliphatic carbocycles. The van der Waals surface area contributed by atoms with Crippen molar-refractivity contribution >= 4 is 11.8 Å². The van der Waals surface area contributed by atoms with Crippen molar-refractivity contribution in [3.8, 4) is 17.4 Å². The van der Waals surface area contributed by atoms with Gasteiger partial charge < -0.3 is 29.3 Å². The molecule has 0 spiro atoms. The third kappa shape index (κ3) is 4.03. The summed E-state index contributed by atoms with van der Waals surface area (Å²) in [5.74, 6) is 2.64. The Bertz CT molecular complexity index is 860. The lowest BCUT2D eigenvalue weighted by Gasteiger charge is -2.18. The Morgan fingerprint density at radius 2 is 2.18 bits per heavy atom. The summed E-state index contributed by atoms with van der Waals surface area (Å²) < 4.78 is 16.6. The first-order chi connectivity index (χ1) is 13.6. The maximum Gasteiger partial charge on any atom is 0.317 e. The molecule has 1 aromatic heterocycles. The summed E-state index contributed by atoms with van der Waals surface area (Å²) >= 11 is 0. The van der Waals surface area contributed by atoms with Crippen molar-refractivity contribution in [1.82, 2.24) is 20.2 Å². The molecule has 9 heteroatoms. The SMILES string of the molecule is CN(C)c1cncc(OC2CCN(C(=O)NCc3ccc4c(c3)OCO4)C2)n1. The molecule has 0 radical (unpaired) electrons. The topological polar surface area (TPSA) is 89.1 Å². The van der Waals surface area contributed by atoms with Gasteiger partial charge in [0, 0.05) is 33.6 Å². The normalized spacial score (nSPS) is 17.5. The number of carbonyl (C=O) groups is 1. The molecule has 9 nitrogen and oxygen atoms in total. The molecule has 28 heavy (non-hydrogen) atoms. The van der Waals surface area contributed by atoms with Gasteiger partial charge >= 0.3 is 6.03 Å². The quantitative estimate of drug-likeness (QED) is 0.837. The van der Waals surface area contributed by atoms with Gasteiger partial charge in [-0.3, -0.25) is 4.98 Å². The highest BCUT2D eigenvalue weighted by Crippen LogP contribution is 2.32. The second kappa shape index (κ2) is 7.79. The van der Waals surface area contributed by atoms with Crippen molar-refractivity contribution in [3.05, 3.63) is 36.2 Å². The number of ether oxygens (including phenoxy) is 3. The molecule has 1 atom stereocenters. The number of rotatable bonds is 5. The maximum absolute atomic E-state index is 12.5. The fourth-order valence-electron chi connectivity index (χ4n) is 3.13. The van der Waals surface area contributed by atoms with Crippen LogP contribution in [0.25, 0.3) is 0 Å². The number of anilines is 1. The van der Waals surface area contributed by atoms with Gasteiger partial charge in [0.05, 0.1) is 18.9 Å². The van der Waals surface area contributed by atoms with Crippen LogP contribution in [0.1, 0.15) is 12.0 Å². The molecule has 148 valence electrons. The Hall–Kier alpha value is -3.23. The van der Waals surface area contributed by atoms with Crippen LogP contribution in [0.3, 0.4) is 0 Å². The van der Waals surface area contributed by atoms with Crippen molar-refractivity contribution in [3.63, 3.8) is 0 Å². The average molecular weight is 385 g/mol. The van der Waals surface area contributed by atoms with Gasteiger partial charge in [-0.05, 0) is 17.7 Å². The van der Waals surface area contributed by atoms with E-state index in [1.165, 1.54) is 0 Å². The van der Waals surface area contributed by atoms with Crippen LogP contribution >= 0.6 is 0 Å². The van der Waals surface area contributed by atoms with E-state index in [1.54, 1.807) is 17.3 Å². The number of benzene rings is 1. The van der Waals surface area contributed by atoms with Gasteiger partial charge in [-0.15, -0.1) is 0 Å². The molecule has 2 aliphatic rings. The number of nitrogens with one attached hydrogen (secondary N) is 1. The lowest BCUT2D eigenvalue weighted by Crippen LogP contribution is -2.39. The molecule has 2 aliphatic heterocycles. The van der Waals surface area contributed by atoms with Gasteiger partial charge in [-0.25, -0.2) is 4.79 Å². The van der Waals surface area contributed by atoms with E-state index in [1.807, 2.05) is 37.2 Å². The smallest absolute Gasteiger partial charge is 0.317 e. The Kier molecular flexibility index (Phi) is 5.05. The van der Waals surface area contributed by atoms with Gasteiger partial charge in [0.2, 0.25) is 12.7 Å². The third-order valence-corrected chi connectivity index (χ3v) is 4.66. The summed E-state index contributed by atoms with van der Waals surface area (Å²) in [6.45, 7) is 1.81. The van der Waals surface area contributed by atoms with Crippen LogP contribution < -0.4 is 24.4 Å². The summed E-state index contributed by atoms with van der Waals surface area (Å²) in [7, 11) is 3.80. The van der Waals surface area contributed by atoms with Crippen molar-refractivity contribution < 1.29 is 19.0 Å². The zero-order valence-corrected chi connectivity index (χ0v) is 15.9. The Balaban J connectivity index is 1.28. The Morgan fingerprint density at radius 1 is 1.32 bits per heavy atom. The van der Waals surface area contributed by atoms with E-state index >= 15 is 0 Å². The summed E-state index contributed by atoms with van der Waals surface area (Å²) in [6.07, 6.45) is 3.93. The molecule has 1 saturated heterocycles. The lowest BCUT2D eigenvalue weighted by atomic mass is 10.2. The summed E-state index contributed by atoms with van der Waals surface area (Å²) in [6, 6.07) is 5.54. The molecule has 3 heterocycles. The fraction of sp³-hybridized carbons (Fsp3) is 0.421. The average Bonchev–Trinajstić information content (AvgIpc) is 3.35. The van der Waals surface area contributed by atoms with Crippen molar-refractivity contribution in [1.29, 1.82) is 0 Å². The van der Waals surface area contributed by atoms with Crippen LogP contribution in [0.15, 0.2) is 30.6 Å². The summed E-state index contributed by atoms with van der Waals surface area (Å²) in [4.78, 5) is 24.6. The van der Waals surface area contributed by atoms with E-state index in [-0.39, 0.29) is 18.9 Å². The Labute approximate surface area is 163 Å². The van der Waals surface area contributed by atoms with E-state index in [0.29, 0.717) is 31.3 Å². The molecule has 1 N–H and O–H groups in total. The zero-order valence-electron chi connectivity index (χ0n) is 15.9. The lowest BCUT2D eigenvalue weighted by molar-refractivity contribution is 0.174. The molecule has 4 rings (SSSR count). The first kappa shape index (κ1) is 18.1. The van der Waals surface area contributed by atoms with Gasteiger partial charge in [-0.1, -0.05) is 6.07 Å². The Morgan fingerprint density at radius 3 is 3.04 bits per heavy atom. The molecule has 2 amide bonds. The predicted molar refractivity (Wildman–Crippen MR) is 102 cm³/mol. The molecule has 0 saturated carbocycles. The fourth-order valence-corrected chi connectivity index (χ4v) is 3.13. The number of urea groups is 1. The summed E-state index contributed by atoms with van der Waals surface area (Å²) in [5.41, 5.74) is 0.959. The van der Waals surface area contributed by atoms with Gasteiger partial charge in [0.1, 0.15) is 6.10 Å². The number of amides is 2. The molecule has 1 unspecified atom stereocenters. The van der Waals surface area contributed by atoms with Crippen LogP contribution in [0.2, 0.25) is 0 Å². The number of fused-ring (bicyclic) bond motifs is 1. The first-order valence-corrected chi connectivity index (χ1v) is 9.16. The van der Waals surface area contributed by atoms with Crippen LogP contribution in [0.4, 0.5) is 10.6 Å². The molecule has 0 bridgehead atoms. The minimum atomic E-state index is -0.114. The van der Waals surface area contributed by atoms with E-state index in [9.17, 15) is 4.79 Å². The predicted octanol–water partition coefficient (Wildman–Crippen LogP) is 1.63. The largest absolute Gasteiger partial charge is 0.471 e. The standard InChI is InChI=1S/C19H23N5O4/c1-23(2)17-9-20-10-18(22-17)28-14-5-6-24(11-14)19(25)21-8-13-3-4-15-16(7-13)27-12-26-15/h3-4,7,9-10,14H,5-6,8,11-12H2,1-2H3,(H,21,25). The highest BCUT2D eigenvalue weighted by molar-refractivity contribution is 5.74. The first-order valence-electron chi connectivity index (χ1n) is 9.16. The minimum Gasteiger partial charge on any atom is -0.471 e. The number of hydrogen-bond acceptors (Lipinski definition) is 7. The van der Waals surface area contributed by atoms with Gasteiger partial charge in [-0.2, -0.15) is 4.98 Å².